The van der Waals surface area contributed by atoms with Gasteiger partial charge in [-0.2, -0.15) is 0 Å². The molecule has 5 heteroatoms. The van der Waals surface area contributed by atoms with Gasteiger partial charge in [-0.1, -0.05) is 37.3 Å². The van der Waals surface area contributed by atoms with Crippen LogP contribution in [0.2, 0.25) is 0 Å². The van der Waals surface area contributed by atoms with Gasteiger partial charge in [-0.05, 0) is 54.9 Å². The number of piperidine rings is 1. The first-order valence-electron chi connectivity index (χ1n) is 11.6. The molecule has 2 heterocycles. The number of nitrogens with zero attached hydrogens (tertiary/aromatic N) is 1. The van der Waals surface area contributed by atoms with Gasteiger partial charge in [0.1, 0.15) is 5.75 Å². The average Bonchev–Trinajstić information content (AvgIpc) is 3.62. The molecule has 164 valence electrons. The number of methoxy groups -OCH3 is 1. The maximum atomic E-state index is 12.5. The zero-order chi connectivity index (χ0) is 21.5. The number of nitrogens with one attached hydrogen (secondary N) is 2. The third-order valence-electron chi connectivity index (χ3n) is 7.48. The largest absolute Gasteiger partial charge is 0.496 e. The van der Waals surface area contributed by atoms with E-state index in [4.69, 9.17) is 4.74 Å². The van der Waals surface area contributed by atoms with Crippen LogP contribution in [0.3, 0.4) is 0 Å². The lowest BCUT2D eigenvalue weighted by Crippen LogP contribution is -2.49. The Morgan fingerprint density at radius 1 is 1.16 bits per heavy atom. The van der Waals surface area contributed by atoms with Gasteiger partial charge in [0.25, 0.3) is 0 Å². The number of hydrogen-bond acceptors (Lipinski definition) is 4. The summed E-state index contributed by atoms with van der Waals surface area (Å²) < 4.78 is 5.77. The lowest BCUT2D eigenvalue weighted by molar-refractivity contribution is -0.119. The van der Waals surface area contributed by atoms with Gasteiger partial charge in [0.05, 0.1) is 7.11 Å². The number of rotatable bonds is 6. The first-order chi connectivity index (χ1) is 15.1. The van der Waals surface area contributed by atoms with Crippen molar-refractivity contribution >= 4 is 11.6 Å². The summed E-state index contributed by atoms with van der Waals surface area (Å²) in [6.07, 6.45) is 4.44. The van der Waals surface area contributed by atoms with E-state index in [0.29, 0.717) is 24.0 Å². The predicted octanol–water partition coefficient (Wildman–Crippen LogP) is 4.14. The van der Waals surface area contributed by atoms with Crippen molar-refractivity contribution in [2.45, 2.75) is 63.2 Å². The monoisotopic (exact) mass is 419 g/mol. The van der Waals surface area contributed by atoms with Crippen molar-refractivity contribution in [3.63, 3.8) is 0 Å². The summed E-state index contributed by atoms with van der Waals surface area (Å²) in [6, 6.07) is 16.3. The number of fused-ring (bicyclic) bond motifs is 3. The van der Waals surface area contributed by atoms with Crippen LogP contribution >= 0.6 is 0 Å². The van der Waals surface area contributed by atoms with Gasteiger partial charge in [-0.25, -0.2) is 0 Å². The molecule has 1 saturated carbocycles. The van der Waals surface area contributed by atoms with Crippen molar-refractivity contribution in [2.24, 2.45) is 5.92 Å². The molecule has 2 aliphatic heterocycles. The van der Waals surface area contributed by atoms with Crippen molar-refractivity contribution in [3.8, 4) is 5.75 Å². The van der Waals surface area contributed by atoms with E-state index >= 15 is 0 Å². The molecule has 0 bridgehead atoms. The third-order valence-corrected chi connectivity index (χ3v) is 7.48. The lowest BCUT2D eigenvalue weighted by Gasteiger charge is -2.38. The second kappa shape index (κ2) is 8.29. The molecule has 2 aromatic carbocycles. The maximum Gasteiger partial charge on any atom is 0.230 e. The molecule has 2 N–H and O–H groups in total. The molecule has 2 aromatic rings. The van der Waals surface area contributed by atoms with Gasteiger partial charge in [-0.3, -0.25) is 4.79 Å². The first kappa shape index (κ1) is 20.5. The minimum absolute atomic E-state index is 0.178. The van der Waals surface area contributed by atoms with E-state index in [1.54, 1.807) is 7.11 Å². The van der Waals surface area contributed by atoms with E-state index in [1.807, 2.05) is 11.9 Å². The minimum Gasteiger partial charge on any atom is -0.496 e. The summed E-state index contributed by atoms with van der Waals surface area (Å²) >= 11 is 0. The van der Waals surface area contributed by atoms with Crippen molar-refractivity contribution in [3.05, 3.63) is 59.2 Å². The van der Waals surface area contributed by atoms with Gasteiger partial charge in [-0.15, -0.1) is 0 Å². The highest BCUT2D eigenvalue weighted by molar-refractivity contribution is 6.01. The van der Waals surface area contributed by atoms with Crippen molar-refractivity contribution in [1.82, 2.24) is 10.6 Å². The van der Waals surface area contributed by atoms with E-state index in [9.17, 15) is 4.79 Å². The summed E-state index contributed by atoms with van der Waals surface area (Å²) in [5.41, 5.74) is 4.76. The van der Waals surface area contributed by atoms with E-state index in [1.165, 1.54) is 17.5 Å². The standard InChI is InChI=1S/C26H33N3O2/c1-4-18-10-11-22(25(28-18)16-8-6-5-7-9-16)27-15-17-12-23-20(14-24(17)31-3)19-13-21(19)26(30)29(23)2/h5-9,12,14,18-19,21-22,25,27-28H,4,10-11,13,15H2,1-3H3/t18?,19-,21-,22?,25?/m0/s1. The predicted molar refractivity (Wildman–Crippen MR) is 124 cm³/mol. The highest BCUT2D eigenvalue weighted by Gasteiger charge is 2.50. The SMILES string of the molecule is CCC1CCC(NCc2cc3c(cc2OC)[C@@H]2C[C@@H]2C(=O)N3C)C(c2ccccc2)N1. The maximum absolute atomic E-state index is 12.5. The number of anilines is 1. The average molecular weight is 420 g/mol. The third kappa shape index (κ3) is 3.74. The number of amides is 1. The molecule has 5 rings (SSSR count). The Labute approximate surface area is 185 Å². The Morgan fingerprint density at radius 3 is 2.71 bits per heavy atom. The van der Waals surface area contributed by atoms with Gasteiger partial charge in [0.2, 0.25) is 5.91 Å². The van der Waals surface area contributed by atoms with Gasteiger partial charge < -0.3 is 20.3 Å². The van der Waals surface area contributed by atoms with Crippen molar-refractivity contribution < 1.29 is 9.53 Å². The molecular formula is C26H33N3O2. The Kier molecular flexibility index (Phi) is 5.49. The minimum atomic E-state index is 0.178. The molecule has 5 nitrogen and oxygen atoms in total. The number of carbonyl (C=O) groups excluding carboxylic acids is 1. The fourth-order valence-electron chi connectivity index (χ4n) is 5.49. The lowest BCUT2D eigenvalue weighted by atomic mass is 9.88. The molecule has 0 aromatic heterocycles. The Bertz CT molecular complexity index is 961. The van der Waals surface area contributed by atoms with E-state index < -0.39 is 0 Å². The highest BCUT2D eigenvalue weighted by Crippen LogP contribution is 2.56. The number of benzene rings is 2. The molecule has 3 unspecified atom stereocenters. The second-order valence-electron chi connectivity index (χ2n) is 9.29. The molecule has 0 radical (unpaired) electrons. The molecule has 1 amide bonds. The summed E-state index contributed by atoms with van der Waals surface area (Å²) in [7, 11) is 3.65. The molecule has 2 fully saturated rings. The zero-order valence-electron chi connectivity index (χ0n) is 18.7. The number of ether oxygens (including phenoxy) is 1. The molecule has 3 aliphatic rings. The Hall–Kier alpha value is -2.37. The normalized spacial score (nSPS) is 29.3. The Morgan fingerprint density at radius 2 is 1.97 bits per heavy atom. The van der Waals surface area contributed by atoms with Crippen LogP contribution in [-0.2, 0) is 11.3 Å². The molecule has 5 atom stereocenters. The molecule has 31 heavy (non-hydrogen) atoms. The molecular weight excluding hydrogens is 386 g/mol. The first-order valence-corrected chi connectivity index (χ1v) is 11.6. The second-order valence-corrected chi connectivity index (χ2v) is 9.29. The van der Waals surface area contributed by atoms with Gasteiger partial charge in [0, 0.05) is 48.9 Å². The topological polar surface area (TPSA) is 53.6 Å². The van der Waals surface area contributed by atoms with Crippen LogP contribution in [0.1, 0.15) is 61.3 Å². The zero-order valence-corrected chi connectivity index (χ0v) is 18.7. The fraction of sp³-hybridized carbons (Fsp3) is 0.500. The fourth-order valence-corrected chi connectivity index (χ4v) is 5.49. The molecule has 0 spiro atoms. The summed E-state index contributed by atoms with van der Waals surface area (Å²) in [5, 5.41) is 7.68. The van der Waals surface area contributed by atoms with Crippen LogP contribution in [0.25, 0.3) is 0 Å². The quantitative estimate of drug-likeness (QED) is 0.739. The van der Waals surface area contributed by atoms with Crippen LogP contribution in [0, 0.1) is 5.92 Å². The van der Waals surface area contributed by atoms with Gasteiger partial charge >= 0.3 is 0 Å². The number of hydrogen-bond donors (Lipinski definition) is 2. The smallest absolute Gasteiger partial charge is 0.230 e. The summed E-state index contributed by atoms with van der Waals surface area (Å²) in [6.45, 7) is 2.98. The van der Waals surface area contributed by atoms with E-state index in [0.717, 1.165) is 42.8 Å². The van der Waals surface area contributed by atoms with Crippen LogP contribution in [0.5, 0.6) is 5.75 Å². The van der Waals surface area contributed by atoms with Crippen LogP contribution in [0.4, 0.5) is 5.69 Å². The van der Waals surface area contributed by atoms with E-state index in [-0.39, 0.29) is 11.8 Å². The van der Waals surface area contributed by atoms with Crippen molar-refractivity contribution in [2.75, 3.05) is 19.1 Å². The highest BCUT2D eigenvalue weighted by atomic mass is 16.5. The molecule has 1 saturated heterocycles. The number of carbonyl (C=O) groups is 1. The van der Waals surface area contributed by atoms with Crippen molar-refractivity contribution in [1.29, 1.82) is 0 Å². The summed E-state index contributed by atoms with van der Waals surface area (Å²) in [5.74, 6) is 1.74. The van der Waals surface area contributed by atoms with Crippen LogP contribution < -0.4 is 20.3 Å². The molecule has 1 aliphatic carbocycles. The van der Waals surface area contributed by atoms with Crippen LogP contribution in [0.15, 0.2) is 42.5 Å². The van der Waals surface area contributed by atoms with Crippen LogP contribution in [-0.4, -0.2) is 32.1 Å². The van der Waals surface area contributed by atoms with Gasteiger partial charge in [0.15, 0.2) is 0 Å². The summed E-state index contributed by atoms with van der Waals surface area (Å²) in [4.78, 5) is 14.4. The Balaban J connectivity index is 1.38. The van der Waals surface area contributed by atoms with E-state index in [2.05, 4.69) is 60.0 Å².